The molecule has 83 heavy (non-hydrogen) atoms. The van der Waals surface area contributed by atoms with E-state index in [2.05, 4.69) is 46.4 Å². The molecule has 0 aliphatic carbocycles. The largest absolute Gasteiger partial charge is 0.466 e. The van der Waals surface area contributed by atoms with Crippen molar-refractivity contribution >= 4 is 11.9 Å². The predicted octanol–water partition coefficient (Wildman–Crippen LogP) is 12.9. The van der Waals surface area contributed by atoms with Crippen molar-refractivity contribution < 1.29 is 72.6 Å². The molecule has 0 radical (unpaired) electrons. The summed E-state index contributed by atoms with van der Waals surface area (Å²) in [6.07, 6.45) is 35.4. The number of hydrogen-bond acceptors (Lipinski definition) is 15. The van der Waals surface area contributed by atoms with Crippen LogP contribution in [0.1, 0.15) is 241 Å². The van der Waals surface area contributed by atoms with Crippen LogP contribution in [0.25, 0.3) is 0 Å². The first-order chi connectivity index (χ1) is 39.9. The highest BCUT2D eigenvalue weighted by Crippen LogP contribution is 2.48. The average molecular weight is 1170 g/mol. The molecular weight excluding hydrogens is 1060 g/mol. The first-order valence-corrected chi connectivity index (χ1v) is 33.0. The number of aliphatic hydroxyl groups excluding tert-OH is 3. The second-order valence-corrected chi connectivity index (χ2v) is 26.4. The molecule has 0 aromatic carbocycles. The zero-order chi connectivity index (χ0) is 59.5. The molecular formula is C68H110O15. The third-order valence-corrected chi connectivity index (χ3v) is 19.0. The van der Waals surface area contributed by atoms with Crippen molar-refractivity contribution in [2.75, 3.05) is 13.2 Å². The van der Waals surface area contributed by atoms with Crippen LogP contribution in [0.5, 0.6) is 0 Å². The summed E-state index contributed by atoms with van der Waals surface area (Å²) in [7, 11) is 0. The van der Waals surface area contributed by atoms with E-state index in [0.29, 0.717) is 69.5 Å². The van der Waals surface area contributed by atoms with Gasteiger partial charge in [-0.3, -0.25) is 4.79 Å². The molecule has 7 heterocycles. The lowest BCUT2D eigenvalue weighted by atomic mass is 9.79. The van der Waals surface area contributed by atoms with Crippen molar-refractivity contribution in [1.82, 2.24) is 0 Å². The van der Waals surface area contributed by atoms with E-state index in [-0.39, 0.29) is 42.5 Å². The van der Waals surface area contributed by atoms with Gasteiger partial charge < -0.3 is 63.1 Å². The minimum atomic E-state index is -1.87. The lowest BCUT2D eigenvalue weighted by Crippen LogP contribution is -2.60. The second kappa shape index (κ2) is 33.0. The van der Waals surface area contributed by atoms with Gasteiger partial charge in [0.1, 0.15) is 24.4 Å². The number of allylic oxidation sites excluding steroid dienone is 3. The summed E-state index contributed by atoms with van der Waals surface area (Å²) in [4.78, 5) is 25.3. The molecule has 7 aliphatic rings. The van der Waals surface area contributed by atoms with Crippen molar-refractivity contribution in [2.24, 2.45) is 17.8 Å². The van der Waals surface area contributed by atoms with Crippen LogP contribution in [0.2, 0.25) is 0 Å². The SMILES string of the molecule is C=C1[C@@H](O)[C@@H]2OC3(CC[C@H](/C=C/[C@@H](C)[C@@H]4CC(C)=C[C@@]5(O[C@H](C[C@@](C)(O)C(=O)O/C=C/C=C/CCCCOC(=O)CCCCCCCCCCCCCCC)CC[C@H]5O)O4)O3)CC[C@H]2O[C@@H]1[C@@H](O)C[C@H](C)[C@H]1O[C@@]2(CCCCO2)CC[C@H]1C. The summed E-state index contributed by atoms with van der Waals surface area (Å²) in [6.45, 7) is 17.4. The van der Waals surface area contributed by atoms with Crippen LogP contribution in [0.3, 0.4) is 0 Å². The van der Waals surface area contributed by atoms with E-state index < -0.39 is 71.7 Å². The van der Waals surface area contributed by atoms with Crippen LogP contribution in [0.15, 0.2) is 60.4 Å². The third kappa shape index (κ3) is 19.9. The molecule has 7 aliphatic heterocycles. The minimum Gasteiger partial charge on any atom is -0.466 e. The van der Waals surface area contributed by atoms with Crippen LogP contribution >= 0.6 is 0 Å². The molecule has 6 fully saturated rings. The van der Waals surface area contributed by atoms with Gasteiger partial charge in [0.05, 0.1) is 56.1 Å². The molecule has 3 spiro atoms. The predicted molar refractivity (Wildman–Crippen MR) is 319 cm³/mol. The van der Waals surface area contributed by atoms with E-state index in [1.54, 1.807) is 12.2 Å². The average Bonchev–Trinajstić information content (AvgIpc) is 3.08. The molecule has 15 nitrogen and oxygen atoms in total. The molecule has 17 atom stereocenters. The molecule has 4 N–H and O–H groups in total. The lowest BCUT2D eigenvalue weighted by molar-refractivity contribution is -0.321. The Balaban J connectivity index is 0.773. The summed E-state index contributed by atoms with van der Waals surface area (Å²) in [5.41, 5.74) is -0.450. The Morgan fingerprint density at radius 3 is 2.27 bits per heavy atom. The maximum absolute atomic E-state index is 13.1. The molecule has 0 bridgehead atoms. The second-order valence-electron chi connectivity index (χ2n) is 26.4. The van der Waals surface area contributed by atoms with E-state index in [1.807, 2.05) is 19.1 Å². The summed E-state index contributed by atoms with van der Waals surface area (Å²) in [5.74, 6) is -3.50. The van der Waals surface area contributed by atoms with Gasteiger partial charge in [0.2, 0.25) is 5.79 Å². The Hall–Kier alpha value is -2.80. The first-order valence-electron chi connectivity index (χ1n) is 33.0. The number of esters is 2. The van der Waals surface area contributed by atoms with E-state index in [9.17, 15) is 30.0 Å². The number of fused-ring (bicyclic) bond motifs is 1. The number of hydrogen-bond donors (Lipinski definition) is 4. The monoisotopic (exact) mass is 1170 g/mol. The Labute approximate surface area is 498 Å². The van der Waals surface area contributed by atoms with Gasteiger partial charge in [-0.15, -0.1) is 0 Å². The van der Waals surface area contributed by atoms with Crippen molar-refractivity contribution in [3.63, 3.8) is 0 Å². The van der Waals surface area contributed by atoms with E-state index in [4.69, 9.17) is 42.6 Å². The highest BCUT2D eigenvalue weighted by molar-refractivity contribution is 5.79. The summed E-state index contributed by atoms with van der Waals surface area (Å²) in [6, 6.07) is 0. The maximum atomic E-state index is 13.1. The standard InChI is InChI=1S/C68H110O15/c1-8-9-10-11-12-13-14-15-16-17-18-21-24-29-59(71)75-41-26-22-19-20-23-27-42-76-64(73)65(7,74)47-54-32-33-58(70)68(80-54)46-48(2)44-57(81-68)49(3)30-31-53-35-39-67(79-53)40-36-56-63(83-67)60(72)52(6)62(78-56)55(69)45-51(5)61-50(4)34-38-66(82-61)37-25-28-43-77-66/h20,23,27,30-31,42,46,49-51,53-58,60-63,69-70,72,74H,6,8-19,21-22,24-26,28-29,32-41,43-45,47H2,1-5,7H3/b23-20+,31-30+,42-27+/t49-,50-,51+,53+,54+,55+,56-,57+,58-,60-,61+,62+,63-,65-,66+,67?,68-/m1/s1. The Kier molecular flexibility index (Phi) is 26.9. The fourth-order valence-corrected chi connectivity index (χ4v) is 13.9. The topological polar surface area (TPSA) is 198 Å². The van der Waals surface area contributed by atoms with Gasteiger partial charge >= 0.3 is 11.9 Å². The fraction of sp³-hybridized carbons (Fsp3) is 0.824. The highest BCUT2D eigenvalue weighted by Gasteiger charge is 2.55. The number of aliphatic hydroxyl groups is 4. The van der Waals surface area contributed by atoms with Gasteiger partial charge in [-0.25, -0.2) is 4.79 Å². The quantitative estimate of drug-likeness (QED) is 0.0168. The van der Waals surface area contributed by atoms with E-state index in [0.717, 1.165) is 82.8 Å². The van der Waals surface area contributed by atoms with Gasteiger partial charge in [0.15, 0.2) is 17.2 Å². The summed E-state index contributed by atoms with van der Waals surface area (Å²) < 4.78 is 56.7. The number of ether oxygens (including phenoxy) is 9. The summed E-state index contributed by atoms with van der Waals surface area (Å²) in [5, 5.41) is 46.1. The van der Waals surface area contributed by atoms with Gasteiger partial charge in [0, 0.05) is 44.4 Å². The molecule has 0 aromatic heterocycles. The third-order valence-electron chi connectivity index (χ3n) is 19.0. The number of rotatable bonds is 31. The number of carbonyl (C=O) groups is 2. The molecule has 7 rings (SSSR count). The molecule has 1 unspecified atom stereocenters. The van der Waals surface area contributed by atoms with Gasteiger partial charge in [-0.2, -0.15) is 0 Å². The Morgan fingerprint density at radius 2 is 1.54 bits per heavy atom. The van der Waals surface area contributed by atoms with Crippen LogP contribution in [0, 0.1) is 17.8 Å². The lowest BCUT2D eigenvalue weighted by Gasteiger charge is -2.50. The van der Waals surface area contributed by atoms with Gasteiger partial charge in [-0.05, 0) is 127 Å². The minimum absolute atomic E-state index is 0.0411. The molecule has 15 heteroatoms. The van der Waals surface area contributed by atoms with Crippen molar-refractivity contribution in [2.45, 2.75) is 325 Å². The van der Waals surface area contributed by atoms with Crippen molar-refractivity contribution in [1.29, 1.82) is 0 Å². The zero-order valence-electron chi connectivity index (χ0n) is 51.9. The maximum Gasteiger partial charge on any atom is 0.342 e. The highest BCUT2D eigenvalue weighted by atomic mass is 16.7. The molecule has 6 saturated heterocycles. The number of carbonyl (C=O) groups excluding carboxylic acids is 2. The Bertz CT molecular complexity index is 2110. The van der Waals surface area contributed by atoms with Crippen molar-refractivity contribution in [3.05, 3.63) is 60.4 Å². The smallest absolute Gasteiger partial charge is 0.342 e. The Morgan fingerprint density at radius 1 is 0.831 bits per heavy atom. The summed E-state index contributed by atoms with van der Waals surface area (Å²) >= 11 is 0. The van der Waals surface area contributed by atoms with Crippen LogP contribution < -0.4 is 0 Å². The molecule has 0 aromatic rings. The van der Waals surface area contributed by atoms with E-state index >= 15 is 0 Å². The fourth-order valence-electron chi connectivity index (χ4n) is 13.9. The molecule has 0 saturated carbocycles. The first kappa shape index (κ1) is 67.7. The van der Waals surface area contributed by atoms with Crippen LogP contribution in [-0.4, -0.2) is 130 Å². The normalized spacial score (nSPS) is 35.0. The van der Waals surface area contributed by atoms with Crippen LogP contribution in [0.4, 0.5) is 0 Å². The van der Waals surface area contributed by atoms with Crippen LogP contribution in [-0.2, 0) is 52.2 Å². The van der Waals surface area contributed by atoms with E-state index in [1.165, 1.54) is 83.8 Å². The van der Waals surface area contributed by atoms with Gasteiger partial charge in [-0.1, -0.05) is 141 Å². The molecule has 472 valence electrons. The molecule has 0 amide bonds. The number of unbranched alkanes of at least 4 members (excludes halogenated alkanes) is 14. The zero-order valence-corrected chi connectivity index (χ0v) is 51.9. The van der Waals surface area contributed by atoms with Gasteiger partial charge in [0.25, 0.3) is 0 Å². The van der Waals surface area contributed by atoms with Crippen molar-refractivity contribution in [3.8, 4) is 0 Å².